The third-order valence-corrected chi connectivity index (χ3v) is 2.61. The molecular formula is C14H17FN2O2. The molecule has 19 heavy (non-hydrogen) atoms. The van der Waals surface area contributed by atoms with Crippen molar-refractivity contribution in [1.82, 2.24) is 0 Å². The number of halogens is 1. The number of esters is 1. The second-order valence-electron chi connectivity index (χ2n) is 4.16. The van der Waals surface area contributed by atoms with Gasteiger partial charge in [-0.1, -0.05) is 6.07 Å². The van der Waals surface area contributed by atoms with Crippen molar-refractivity contribution in [3.63, 3.8) is 0 Å². The van der Waals surface area contributed by atoms with Crippen molar-refractivity contribution in [1.29, 1.82) is 5.26 Å². The number of anilines is 1. The van der Waals surface area contributed by atoms with Gasteiger partial charge in [-0.2, -0.15) is 5.26 Å². The molecule has 0 radical (unpaired) electrons. The predicted octanol–water partition coefficient (Wildman–Crippen LogP) is 2.84. The van der Waals surface area contributed by atoms with Crippen LogP contribution in [0.5, 0.6) is 0 Å². The highest BCUT2D eigenvalue weighted by Gasteiger charge is 2.11. The summed E-state index contributed by atoms with van der Waals surface area (Å²) in [7, 11) is 0. The van der Waals surface area contributed by atoms with Gasteiger partial charge in [0.25, 0.3) is 0 Å². The van der Waals surface area contributed by atoms with Crippen molar-refractivity contribution in [3.8, 4) is 6.07 Å². The van der Waals surface area contributed by atoms with Gasteiger partial charge >= 0.3 is 5.97 Å². The van der Waals surface area contributed by atoms with Crippen molar-refractivity contribution in [2.45, 2.75) is 32.7 Å². The van der Waals surface area contributed by atoms with E-state index in [4.69, 9.17) is 10.00 Å². The molecule has 0 saturated heterocycles. The average Bonchev–Trinajstić information content (AvgIpc) is 2.37. The van der Waals surface area contributed by atoms with Gasteiger partial charge in [-0.05, 0) is 32.4 Å². The Hall–Kier alpha value is -2.09. The number of rotatable bonds is 6. The van der Waals surface area contributed by atoms with Gasteiger partial charge in [0.05, 0.1) is 12.3 Å². The second-order valence-corrected chi connectivity index (χ2v) is 4.16. The first-order chi connectivity index (χ1) is 9.08. The molecule has 0 aromatic heterocycles. The average molecular weight is 264 g/mol. The Morgan fingerprint density at radius 2 is 2.32 bits per heavy atom. The number of nitrogens with zero attached hydrogens (tertiary/aromatic N) is 1. The Morgan fingerprint density at radius 1 is 1.58 bits per heavy atom. The van der Waals surface area contributed by atoms with E-state index in [0.29, 0.717) is 25.1 Å². The highest BCUT2D eigenvalue weighted by molar-refractivity contribution is 5.69. The van der Waals surface area contributed by atoms with Crippen LogP contribution in [0.25, 0.3) is 0 Å². The van der Waals surface area contributed by atoms with Crippen LogP contribution in [0.1, 0.15) is 32.3 Å². The van der Waals surface area contributed by atoms with Gasteiger partial charge < -0.3 is 10.1 Å². The number of hydrogen-bond donors (Lipinski definition) is 1. The summed E-state index contributed by atoms with van der Waals surface area (Å²) < 4.78 is 18.2. The maximum absolute atomic E-state index is 13.4. The fourth-order valence-electron chi connectivity index (χ4n) is 1.66. The van der Waals surface area contributed by atoms with Crippen LogP contribution in [-0.2, 0) is 9.53 Å². The molecule has 0 amide bonds. The molecule has 0 bridgehead atoms. The van der Waals surface area contributed by atoms with Crippen LogP contribution < -0.4 is 5.32 Å². The number of hydrogen-bond acceptors (Lipinski definition) is 4. The predicted molar refractivity (Wildman–Crippen MR) is 70.1 cm³/mol. The minimum atomic E-state index is -0.551. The van der Waals surface area contributed by atoms with Gasteiger partial charge in [0.2, 0.25) is 0 Å². The Balaban J connectivity index is 2.58. The molecule has 1 aromatic carbocycles. The molecule has 0 heterocycles. The highest BCUT2D eigenvalue weighted by atomic mass is 19.1. The van der Waals surface area contributed by atoms with Crippen LogP contribution in [0.15, 0.2) is 18.2 Å². The Bertz CT molecular complexity index is 483. The molecule has 5 heteroatoms. The summed E-state index contributed by atoms with van der Waals surface area (Å²) in [6.07, 6.45) is 0.847. The second kappa shape index (κ2) is 7.37. The summed E-state index contributed by atoms with van der Waals surface area (Å²) in [6, 6.07) is 6.19. The lowest BCUT2D eigenvalue weighted by atomic mass is 10.1. The summed E-state index contributed by atoms with van der Waals surface area (Å²) >= 11 is 0. The molecule has 0 aliphatic heterocycles. The minimum Gasteiger partial charge on any atom is -0.466 e. The molecule has 1 rings (SSSR count). The van der Waals surface area contributed by atoms with E-state index in [9.17, 15) is 9.18 Å². The van der Waals surface area contributed by atoms with Crippen LogP contribution >= 0.6 is 0 Å². The Labute approximate surface area is 112 Å². The van der Waals surface area contributed by atoms with Crippen LogP contribution in [-0.4, -0.2) is 18.6 Å². The van der Waals surface area contributed by atoms with Crippen molar-refractivity contribution in [2.75, 3.05) is 11.9 Å². The molecular weight excluding hydrogens is 247 g/mol. The van der Waals surface area contributed by atoms with E-state index >= 15 is 0 Å². The van der Waals surface area contributed by atoms with E-state index in [1.54, 1.807) is 13.0 Å². The van der Waals surface area contributed by atoms with Crippen molar-refractivity contribution < 1.29 is 13.9 Å². The topological polar surface area (TPSA) is 62.1 Å². The summed E-state index contributed by atoms with van der Waals surface area (Å²) in [5.41, 5.74) is 0.435. The maximum Gasteiger partial charge on any atom is 0.305 e. The van der Waals surface area contributed by atoms with Crippen LogP contribution in [0, 0.1) is 17.1 Å². The molecule has 0 aliphatic carbocycles. The van der Waals surface area contributed by atoms with Gasteiger partial charge in [-0.15, -0.1) is 0 Å². The van der Waals surface area contributed by atoms with E-state index in [2.05, 4.69) is 5.32 Å². The molecule has 102 valence electrons. The van der Waals surface area contributed by atoms with Crippen molar-refractivity contribution in [3.05, 3.63) is 29.6 Å². The van der Waals surface area contributed by atoms with Gasteiger partial charge in [0.15, 0.2) is 0 Å². The third kappa shape index (κ3) is 4.59. The first-order valence-corrected chi connectivity index (χ1v) is 6.19. The maximum atomic E-state index is 13.4. The van der Waals surface area contributed by atoms with Crippen LogP contribution in [0.4, 0.5) is 10.1 Å². The smallest absolute Gasteiger partial charge is 0.305 e. The fourth-order valence-corrected chi connectivity index (χ4v) is 1.66. The highest BCUT2D eigenvalue weighted by Crippen LogP contribution is 2.19. The van der Waals surface area contributed by atoms with Gasteiger partial charge in [0, 0.05) is 12.5 Å². The van der Waals surface area contributed by atoms with Gasteiger partial charge in [0.1, 0.15) is 17.4 Å². The fraction of sp³-hybridized carbons (Fsp3) is 0.429. The SMILES string of the molecule is CCOC(=O)CCC(C)Nc1cccc(F)c1C#N. The lowest BCUT2D eigenvalue weighted by Gasteiger charge is -2.16. The first-order valence-electron chi connectivity index (χ1n) is 6.19. The van der Waals surface area contributed by atoms with E-state index in [0.717, 1.165) is 0 Å². The summed E-state index contributed by atoms with van der Waals surface area (Å²) in [4.78, 5) is 11.2. The summed E-state index contributed by atoms with van der Waals surface area (Å²) in [5, 5.41) is 11.9. The van der Waals surface area contributed by atoms with Crippen molar-refractivity contribution in [2.24, 2.45) is 0 Å². The lowest BCUT2D eigenvalue weighted by molar-refractivity contribution is -0.143. The molecule has 1 unspecified atom stereocenters. The van der Waals surface area contributed by atoms with E-state index in [1.165, 1.54) is 12.1 Å². The number of nitriles is 1. The molecule has 0 spiro atoms. The lowest BCUT2D eigenvalue weighted by Crippen LogP contribution is -2.18. The molecule has 0 saturated carbocycles. The molecule has 0 fully saturated rings. The quantitative estimate of drug-likeness (QED) is 0.802. The summed E-state index contributed by atoms with van der Waals surface area (Å²) in [6.45, 7) is 3.99. The minimum absolute atomic E-state index is 0.00881. The van der Waals surface area contributed by atoms with Crippen molar-refractivity contribution >= 4 is 11.7 Å². The molecule has 0 aliphatic rings. The van der Waals surface area contributed by atoms with Crippen LogP contribution in [0.3, 0.4) is 0 Å². The zero-order valence-electron chi connectivity index (χ0n) is 11.1. The number of benzene rings is 1. The monoisotopic (exact) mass is 264 g/mol. The third-order valence-electron chi connectivity index (χ3n) is 2.61. The Morgan fingerprint density at radius 3 is 2.95 bits per heavy atom. The number of carbonyl (C=O) groups is 1. The number of ether oxygens (including phenoxy) is 1. The first kappa shape index (κ1) is 15.0. The molecule has 1 aromatic rings. The Kier molecular flexibility index (Phi) is 5.80. The van der Waals surface area contributed by atoms with Gasteiger partial charge in [-0.25, -0.2) is 4.39 Å². The van der Waals surface area contributed by atoms with E-state index in [-0.39, 0.29) is 17.6 Å². The molecule has 1 N–H and O–H groups in total. The number of carbonyl (C=O) groups excluding carboxylic acids is 1. The largest absolute Gasteiger partial charge is 0.466 e. The van der Waals surface area contributed by atoms with Crippen LogP contribution in [0.2, 0.25) is 0 Å². The van der Waals surface area contributed by atoms with E-state index < -0.39 is 5.82 Å². The number of nitrogens with one attached hydrogen (secondary N) is 1. The zero-order valence-corrected chi connectivity index (χ0v) is 11.1. The molecule has 1 atom stereocenters. The summed E-state index contributed by atoms with van der Waals surface area (Å²) in [5.74, 6) is -0.805. The zero-order chi connectivity index (χ0) is 14.3. The molecule has 4 nitrogen and oxygen atoms in total. The van der Waals surface area contributed by atoms with E-state index in [1.807, 2.05) is 13.0 Å². The standard InChI is InChI=1S/C14H17FN2O2/c1-3-19-14(18)8-7-10(2)17-13-6-4-5-12(15)11(13)9-16/h4-6,10,17H,3,7-8H2,1-2H3. The normalized spacial score (nSPS) is 11.5. The van der Waals surface area contributed by atoms with Gasteiger partial charge in [-0.3, -0.25) is 4.79 Å².